The van der Waals surface area contributed by atoms with Gasteiger partial charge in [0.1, 0.15) is 45.1 Å². The van der Waals surface area contributed by atoms with E-state index in [-0.39, 0.29) is 5.82 Å². The maximum Gasteiger partial charge on any atom is 0.181 e. The third-order valence-electron chi connectivity index (χ3n) is 21.6. The van der Waals surface area contributed by atoms with Crippen molar-refractivity contribution in [3.63, 3.8) is 0 Å². The predicted molar refractivity (Wildman–Crippen MR) is 474 cm³/mol. The molecule has 23 aromatic heterocycles. The Labute approximate surface area is 705 Å². The molecule has 0 aliphatic carbocycles. The molecule has 0 radical (unpaired) electrons. The quantitative estimate of drug-likeness (QED) is 0.0563. The second-order valence-corrected chi connectivity index (χ2v) is 29.4. The van der Waals surface area contributed by atoms with Crippen molar-refractivity contribution >= 4 is 88.3 Å². The molecule has 32 heteroatoms. The number of halogens is 1. The number of nitrogens with zero attached hydrogens (tertiary/aromatic N) is 23. The molecule has 0 fully saturated rings. The van der Waals surface area contributed by atoms with Crippen LogP contribution in [0.25, 0.3) is 223 Å². The van der Waals surface area contributed by atoms with Gasteiger partial charge in [0.25, 0.3) is 0 Å². The van der Waals surface area contributed by atoms with E-state index >= 15 is 0 Å². The number of hydrogen-bond acceptors (Lipinski definition) is 23. The summed E-state index contributed by atoms with van der Waals surface area (Å²) in [4.78, 5) is 98.0. The van der Waals surface area contributed by atoms with Gasteiger partial charge < -0.3 is 19.9 Å². The maximum absolute atomic E-state index is 14.4. The molecular weight excluding hydrogens is 1570 g/mol. The minimum absolute atomic E-state index is 0.320. The number of aryl methyl sites for hydroxylation is 4. The number of rotatable bonds is 12. The van der Waals surface area contributed by atoms with Crippen LogP contribution in [-0.4, -0.2) is 155 Å². The molecule has 31 nitrogen and oxygen atoms in total. The Kier molecular flexibility index (Phi) is 19.0. The Balaban J connectivity index is 0.000000102. The predicted octanol–water partition coefficient (Wildman–Crippen LogP) is 18.1. The van der Waals surface area contributed by atoms with Crippen LogP contribution in [0.2, 0.25) is 0 Å². The summed E-state index contributed by atoms with van der Waals surface area (Å²) in [7, 11) is 0. The molecule has 0 spiro atoms. The van der Waals surface area contributed by atoms with Crippen LogP contribution < -0.4 is 0 Å². The summed E-state index contributed by atoms with van der Waals surface area (Å²) in [6, 6.07) is 36.3. The van der Waals surface area contributed by atoms with Crippen molar-refractivity contribution in [1.82, 2.24) is 155 Å². The van der Waals surface area contributed by atoms with E-state index in [1.165, 1.54) is 6.07 Å². The number of benzene rings is 1. The van der Waals surface area contributed by atoms with Gasteiger partial charge in [-0.25, -0.2) is 44.3 Å². The number of imidazole rings is 4. The summed E-state index contributed by atoms with van der Waals surface area (Å²) >= 11 is 0. The first-order valence-corrected chi connectivity index (χ1v) is 39.4. The topological polar surface area (TPSA) is 423 Å². The average molecular weight is 1630 g/mol. The fraction of sp³-hybridized carbons (Fsp3) is 0.0430. The molecule has 0 aliphatic rings. The fourth-order valence-electron chi connectivity index (χ4n) is 15.2. The Bertz CT molecular complexity index is 7610. The van der Waals surface area contributed by atoms with E-state index in [9.17, 15) is 4.39 Å². The smallest absolute Gasteiger partial charge is 0.181 e. The first-order chi connectivity index (χ1) is 61.5. The van der Waals surface area contributed by atoms with E-state index < -0.39 is 0 Å². The van der Waals surface area contributed by atoms with Crippen LogP contribution in [0.5, 0.6) is 0 Å². The van der Waals surface area contributed by atoms with Gasteiger partial charge >= 0.3 is 0 Å². The summed E-state index contributed by atoms with van der Waals surface area (Å²) in [5.41, 5.74) is 30.9. The van der Waals surface area contributed by atoms with E-state index in [0.717, 1.165) is 172 Å². The van der Waals surface area contributed by atoms with Crippen LogP contribution in [0.3, 0.4) is 0 Å². The minimum atomic E-state index is -0.320. The van der Waals surface area contributed by atoms with Crippen LogP contribution in [0.4, 0.5) is 4.39 Å². The molecule has 24 rings (SSSR count). The molecule has 0 saturated carbocycles. The zero-order valence-corrected chi connectivity index (χ0v) is 66.6. The van der Waals surface area contributed by atoms with Crippen LogP contribution >= 0.6 is 0 Å². The first kappa shape index (κ1) is 74.7. The van der Waals surface area contributed by atoms with E-state index in [4.69, 9.17) is 19.9 Å². The lowest BCUT2D eigenvalue weighted by atomic mass is 10.0. The van der Waals surface area contributed by atoms with Crippen LogP contribution in [0.1, 0.15) is 22.3 Å². The van der Waals surface area contributed by atoms with Gasteiger partial charge in [-0.2, -0.15) is 20.4 Å². The molecule has 0 saturated heterocycles. The second-order valence-electron chi connectivity index (χ2n) is 29.4. The van der Waals surface area contributed by atoms with E-state index in [2.05, 4.69) is 174 Å². The largest absolute Gasteiger partial charge is 0.335 e. The highest BCUT2D eigenvalue weighted by atomic mass is 19.1. The van der Waals surface area contributed by atoms with Crippen LogP contribution in [0, 0.1) is 33.5 Å². The first-order valence-electron chi connectivity index (χ1n) is 39.4. The van der Waals surface area contributed by atoms with Crippen LogP contribution in [-0.2, 0) is 0 Å². The molecule has 0 aliphatic heterocycles. The molecule has 23 heterocycles. The average Bonchev–Trinajstić information content (AvgIpc) is 1.63. The lowest BCUT2D eigenvalue weighted by Gasteiger charge is -2.04. The highest BCUT2D eigenvalue weighted by molar-refractivity contribution is 6.02. The molecule has 0 amide bonds. The molecule has 598 valence electrons. The van der Waals surface area contributed by atoms with Gasteiger partial charge in [-0.1, -0.05) is 30.3 Å². The lowest BCUT2D eigenvalue weighted by Crippen LogP contribution is -1.87. The van der Waals surface area contributed by atoms with Gasteiger partial charge in [-0.3, -0.25) is 75.2 Å². The van der Waals surface area contributed by atoms with Crippen molar-refractivity contribution in [2.45, 2.75) is 27.7 Å². The van der Waals surface area contributed by atoms with Crippen molar-refractivity contribution in [3.8, 4) is 135 Å². The molecule has 0 atom stereocenters. The fourth-order valence-corrected chi connectivity index (χ4v) is 15.2. The molecular formula is C93H64FN31. The lowest BCUT2D eigenvalue weighted by molar-refractivity contribution is 0.631. The van der Waals surface area contributed by atoms with Gasteiger partial charge in [0.05, 0.1) is 79.6 Å². The number of H-pyrrole nitrogens is 8. The van der Waals surface area contributed by atoms with Crippen molar-refractivity contribution in [1.29, 1.82) is 0 Å². The highest BCUT2D eigenvalue weighted by Gasteiger charge is 2.24. The number of nitrogens with one attached hydrogen (secondary N) is 8. The van der Waals surface area contributed by atoms with E-state index in [0.29, 0.717) is 73.7 Å². The Hall–Kier alpha value is -17.8. The Morgan fingerprint density at radius 3 is 0.960 bits per heavy atom. The van der Waals surface area contributed by atoms with Gasteiger partial charge in [0.2, 0.25) is 0 Å². The molecule has 0 unspecified atom stereocenters. The summed E-state index contributed by atoms with van der Waals surface area (Å²) in [5, 5.41) is 33.2. The summed E-state index contributed by atoms with van der Waals surface area (Å²) in [6.07, 6.45) is 44.6. The minimum Gasteiger partial charge on any atom is -0.335 e. The Morgan fingerprint density at radius 2 is 0.584 bits per heavy atom. The molecule has 8 N–H and O–H groups in total. The number of aromatic amines is 8. The number of aromatic nitrogens is 31. The normalized spacial score (nSPS) is 11.4. The van der Waals surface area contributed by atoms with Gasteiger partial charge in [0, 0.05) is 208 Å². The van der Waals surface area contributed by atoms with Crippen molar-refractivity contribution < 1.29 is 4.39 Å². The van der Waals surface area contributed by atoms with E-state index in [1.807, 2.05) is 135 Å². The zero-order chi connectivity index (χ0) is 84.0. The molecule has 125 heavy (non-hydrogen) atoms. The molecule has 1 aromatic carbocycles. The van der Waals surface area contributed by atoms with Gasteiger partial charge in [-0.15, -0.1) is 0 Å². The number of hydrogen-bond donors (Lipinski definition) is 8. The Morgan fingerprint density at radius 1 is 0.240 bits per heavy atom. The standard InChI is InChI=1S/C24H16FN7.3C23H16N8/c1-13-6-7-26-10-17(13)14-8-16-22(31-32-23(16)28-9-14)24-29-20-12-27-11-18(21(20)30-24)15-4-2-3-5-19(15)25;1-13-2-5-25-10-17(13)15-8-16-21(30-31-22(16)27-9-15)23-28-19-12-26-11-18(20(19)29-23)14-3-6-24-7-4-14;1-13-4-6-25-10-17(13)15-7-16-21(30-31-22(16)27-9-15)23-28-19-12-26-11-18(20(19)29-23)14-3-2-5-24-8-14;1-13-5-7-24-10-16(13)14-8-15-21(30-31-22(15)27-9-14)23-28-19-12-25-11-17(20(19)29-23)18-4-2-3-6-26-18/h2-12H,1H3,(H,29,30)(H,28,31,32);3*2-12H,1H3,(H,28,29)(H,27,30,31). The third kappa shape index (κ3) is 14.2. The van der Waals surface area contributed by atoms with Crippen molar-refractivity contribution in [2.75, 3.05) is 0 Å². The van der Waals surface area contributed by atoms with Crippen molar-refractivity contribution in [2.24, 2.45) is 0 Å². The summed E-state index contributed by atoms with van der Waals surface area (Å²) in [6.45, 7) is 8.21. The highest BCUT2D eigenvalue weighted by Crippen LogP contribution is 2.39. The monoisotopic (exact) mass is 1630 g/mol. The zero-order valence-electron chi connectivity index (χ0n) is 66.6. The maximum atomic E-state index is 14.4. The van der Waals surface area contributed by atoms with E-state index in [1.54, 1.807) is 117 Å². The van der Waals surface area contributed by atoms with Gasteiger partial charge in [-0.05, 0) is 140 Å². The molecule has 24 aromatic rings. The third-order valence-corrected chi connectivity index (χ3v) is 21.6. The summed E-state index contributed by atoms with van der Waals surface area (Å²) in [5.74, 6) is 2.29. The molecule has 0 bridgehead atoms. The summed E-state index contributed by atoms with van der Waals surface area (Å²) < 4.78 is 14.4. The number of fused-ring (bicyclic) bond motifs is 8. The number of pyridine rings is 15. The van der Waals surface area contributed by atoms with Crippen molar-refractivity contribution in [3.05, 3.63) is 298 Å². The second kappa shape index (κ2) is 31.8. The SMILES string of the molecule is Cc1ccncc1-c1cnc2n[nH]c(-c3nc4c(-c5ccccc5F)cncc4[nH]3)c2c1.Cc1ccncc1-c1cnc2n[nH]c(-c3nc4c(-c5ccccn5)cncc4[nH]3)c2c1.Cc1ccncc1-c1cnc2n[nH]c(-c3nc4c(-c5cccnc5)cncc4[nH]3)c2c1.Cc1ccncc1-c1cnc2n[nH]c(-c3nc4c(-c5ccncc5)cncc4[nH]3)c2c1. The van der Waals surface area contributed by atoms with Crippen LogP contribution in [0.15, 0.2) is 270 Å². The van der Waals surface area contributed by atoms with Gasteiger partial charge in [0.15, 0.2) is 45.9 Å².